The smallest absolute Gasteiger partial charge is 0.326 e. The van der Waals surface area contributed by atoms with Crippen LogP contribution in [0.3, 0.4) is 0 Å². The van der Waals surface area contributed by atoms with E-state index in [4.69, 9.17) is 10.8 Å². The molecular weight excluding hydrogens is 486 g/mol. The van der Waals surface area contributed by atoms with E-state index in [0.717, 1.165) is 0 Å². The van der Waals surface area contributed by atoms with Gasteiger partial charge in [0.2, 0.25) is 23.6 Å². The highest BCUT2D eigenvalue weighted by Crippen LogP contribution is 2.22. The van der Waals surface area contributed by atoms with Gasteiger partial charge in [0.25, 0.3) is 0 Å². The van der Waals surface area contributed by atoms with Crippen LogP contribution in [0.15, 0.2) is 0 Å². The Balaban J connectivity index is 2.87. The van der Waals surface area contributed by atoms with Gasteiger partial charge < -0.3 is 36.8 Å². The second-order valence-electron chi connectivity index (χ2n) is 9.91. The maximum Gasteiger partial charge on any atom is 0.326 e. The molecule has 13 heteroatoms. The molecule has 0 unspecified atom stereocenters. The number of carboxylic acid groups (broad SMARTS) is 2. The molecule has 0 aromatic rings. The number of carboxylic acids is 2. The molecule has 0 bridgehead atoms. The van der Waals surface area contributed by atoms with Crippen LogP contribution >= 0.6 is 0 Å². The van der Waals surface area contributed by atoms with E-state index in [1.807, 2.05) is 20.8 Å². The molecule has 13 nitrogen and oxygen atoms in total. The van der Waals surface area contributed by atoms with Crippen LogP contribution < -0.4 is 21.7 Å². The number of hydrogen-bond donors (Lipinski definition) is 6. The van der Waals surface area contributed by atoms with Crippen LogP contribution in [0.2, 0.25) is 0 Å². The Hall–Kier alpha value is -3.22. The molecule has 210 valence electrons. The SMILES string of the molecule is CC[C@H](C)[C@H](NC(=O)CNC(=O)[C@@H](N)CC(C)C)C(=O)N1CCC[C@H]1C(=O)N[C@@H](CCC(=O)O)C(=O)O. The number of nitrogens with two attached hydrogens (primary N) is 1. The zero-order chi connectivity index (χ0) is 28.3. The molecule has 1 aliphatic rings. The first-order valence-corrected chi connectivity index (χ1v) is 12.7. The number of rotatable bonds is 15. The number of hydrogen-bond acceptors (Lipinski definition) is 7. The molecular formula is C24H41N5O8. The zero-order valence-electron chi connectivity index (χ0n) is 22.0. The van der Waals surface area contributed by atoms with Crippen molar-refractivity contribution in [2.24, 2.45) is 17.6 Å². The van der Waals surface area contributed by atoms with Crippen molar-refractivity contribution in [1.29, 1.82) is 0 Å². The lowest BCUT2D eigenvalue weighted by Gasteiger charge is -2.31. The molecule has 1 aliphatic heterocycles. The van der Waals surface area contributed by atoms with Gasteiger partial charge in [-0.2, -0.15) is 0 Å². The van der Waals surface area contributed by atoms with Crippen molar-refractivity contribution < 1.29 is 39.0 Å². The fourth-order valence-corrected chi connectivity index (χ4v) is 4.10. The Kier molecular flexibility index (Phi) is 13.0. The summed E-state index contributed by atoms with van der Waals surface area (Å²) in [6, 6.07) is -4.07. The summed E-state index contributed by atoms with van der Waals surface area (Å²) in [5.74, 6) is -4.87. The predicted octanol–water partition coefficient (Wildman–Crippen LogP) is -0.568. The molecule has 0 spiro atoms. The third-order valence-electron chi connectivity index (χ3n) is 6.38. The summed E-state index contributed by atoms with van der Waals surface area (Å²) in [5, 5.41) is 25.6. The normalized spacial score (nSPS) is 18.4. The Bertz CT molecular complexity index is 849. The van der Waals surface area contributed by atoms with Gasteiger partial charge in [0.15, 0.2) is 0 Å². The summed E-state index contributed by atoms with van der Waals surface area (Å²) in [7, 11) is 0. The number of nitrogens with zero attached hydrogens (tertiary/aromatic N) is 1. The minimum atomic E-state index is -1.41. The minimum absolute atomic E-state index is 0.204. The van der Waals surface area contributed by atoms with Crippen molar-refractivity contribution in [2.75, 3.05) is 13.1 Å². The van der Waals surface area contributed by atoms with E-state index in [2.05, 4.69) is 16.0 Å². The second-order valence-corrected chi connectivity index (χ2v) is 9.91. The van der Waals surface area contributed by atoms with Crippen LogP contribution in [0, 0.1) is 11.8 Å². The zero-order valence-corrected chi connectivity index (χ0v) is 22.0. The highest BCUT2D eigenvalue weighted by molar-refractivity contribution is 5.95. The Labute approximate surface area is 216 Å². The average molecular weight is 528 g/mol. The van der Waals surface area contributed by atoms with E-state index in [0.29, 0.717) is 25.7 Å². The van der Waals surface area contributed by atoms with Crippen molar-refractivity contribution in [1.82, 2.24) is 20.9 Å². The first-order chi connectivity index (χ1) is 17.3. The molecule has 1 saturated heterocycles. The lowest BCUT2D eigenvalue weighted by Crippen LogP contribution is -2.57. The molecule has 0 aromatic carbocycles. The van der Waals surface area contributed by atoms with Gasteiger partial charge in [-0.1, -0.05) is 34.1 Å². The highest BCUT2D eigenvalue weighted by atomic mass is 16.4. The monoisotopic (exact) mass is 527 g/mol. The quantitative estimate of drug-likeness (QED) is 0.161. The average Bonchev–Trinajstić information content (AvgIpc) is 3.31. The minimum Gasteiger partial charge on any atom is -0.481 e. The van der Waals surface area contributed by atoms with Gasteiger partial charge in [-0.15, -0.1) is 0 Å². The van der Waals surface area contributed by atoms with Crippen LogP contribution in [0.25, 0.3) is 0 Å². The van der Waals surface area contributed by atoms with Crippen molar-refractivity contribution >= 4 is 35.6 Å². The van der Waals surface area contributed by atoms with E-state index in [-0.39, 0.29) is 31.3 Å². The van der Waals surface area contributed by atoms with Crippen LogP contribution in [0.1, 0.15) is 66.2 Å². The van der Waals surface area contributed by atoms with E-state index in [1.54, 1.807) is 6.92 Å². The first-order valence-electron chi connectivity index (χ1n) is 12.7. The maximum atomic E-state index is 13.4. The number of amides is 4. The topological polar surface area (TPSA) is 208 Å². The van der Waals surface area contributed by atoms with Crippen LogP contribution in [0.5, 0.6) is 0 Å². The van der Waals surface area contributed by atoms with Gasteiger partial charge >= 0.3 is 11.9 Å². The number of carbonyl (C=O) groups excluding carboxylic acids is 4. The van der Waals surface area contributed by atoms with Gasteiger partial charge in [0.1, 0.15) is 18.1 Å². The lowest BCUT2D eigenvalue weighted by molar-refractivity contribution is -0.145. The summed E-state index contributed by atoms with van der Waals surface area (Å²) in [5.41, 5.74) is 5.83. The van der Waals surface area contributed by atoms with Gasteiger partial charge in [-0.3, -0.25) is 24.0 Å². The van der Waals surface area contributed by atoms with E-state index in [9.17, 15) is 33.9 Å². The van der Waals surface area contributed by atoms with Gasteiger partial charge in [-0.25, -0.2) is 4.79 Å². The molecule has 0 aromatic heterocycles. The largest absolute Gasteiger partial charge is 0.481 e. The van der Waals surface area contributed by atoms with Crippen molar-refractivity contribution in [2.45, 2.75) is 90.4 Å². The Morgan fingerprint density at radius 1 is 1.05 bits per heavy atom. The molecule has 0 aliphatic carbocycles. The second kappa shape index (κ2) is 15.1. The van der Waals surface area contributed by atoms with E-state index in [1.165, 1.54) is 4.90 Å². The standard InChI is InChI=1S/C24H41N5O8/c1-5-14(4)20(28-18(30)12-26-21(33)15(25)11-13(2)3)23(35)29-10-6-7-17(29)22(34)27-16(24(36)37)8-9-19(31)32/h13-17,20H,5-12,25H2,1-4H3,(H,26,33)(H,27,34)(H,28,30)(H,31,32)(H,36,37)/t14-,15-,16-,17-,20-/m0/s1. The van der Waals surface area contributed by atoms with Crippen LogP contribution in [-0.4, -0.2) is 87.9 Å². The summed E-state index contributed by atoms with van der Waals surface area (Å²) in [4.78, 5) is 74.6. The molecule has 5 atom stereocenters. The van der Waals surface area contributed by atoms with E-state index >= 15 is 0 Å². The predicted molar refractivity (Wildman–Crippen MR) is 133 cm³/mol. The lowest BCUT2D eigenvalue weighted by atomic mass is 9.97. The molecule has 4 amide bonds. The fraction of sp³-hybridized carbons (Fsp3) is 0.750. The Morgan fingerprint density at radius 2 is 1.70 bits per heavy atom. The summed E-state index contributed by atoms with van der Waals surface area (Å²) < 4.78 is 0. The number of nitrogens with one attached hydrogen (secondary N) is 3. The van der Waals surface area contributed by atoms with Crippen LogP contribution in [-0.2, 0) is 28.8 Å². The fourth-order valence-electron chi connectivity index (χ4n) is 4.10. The van der Waals surface area contributed by atoms with Gasteiger partial charge in [0, 0.05) is 13.0 Å². The highest BCUT2D eigenvalue weighted by Gasteiger charge is 2.40. The third-order valence-corrected chi connectivity index (χ3v) is 6.38. The number of likely N-dealkylation sites (tertiary alicyclic amines) is 1. The molecule has 0 radical (unpaired) electrons. The van der Waals surface area contributed by atoms with Crippen molar-refractivity contribution in [3.05, 3.63) is 0 Å². The van der Waals surface area contributed by atoms with E-state index < -0.39 is 66.2 Å². The van der Waals surface area contributed by atoms with Gasteiger partial charge in [-0.05, 0) is 37.5 Å². The molecule has 0 saturated carbocycles. The molecule has 1 heterocycles. The number of aliphatic carboxylic acids is 2. The number of carbonyl (C=O) groups is 6. The Morgan fingerprint density at radius 3 is 2.24 bits per heavy atom. The molecule has 37 heavy (non-hydrogen) atoms. The molecule has 1 fully saturated rings. The summed E-state index contributed by atoms with van der Waals surface area (Å²) in [6.45, 7) is 7.35. The molecule has 7 N–H and O–H groups in total. The summed E-state index contributed by atoms with van der Waals surface area (Å²) in [6.07, 6.45) is 1.07. The van der Waals surface area contributed by atoms with Crippen molar-refractivity contribution in [3.63, 3.8) is 0 Å². The first kappa shape index (κ1) is 31.8. The van der Waals surface area contributed by atoms with Crippen LogP contribution in [0.4, 0.5) is 0 Å². The van der Waals surface area contributed by atoms with Gasteiger partial charge in [0.05, 0.1) is 12.6 Å². The molecule has 1 rings (SSSR count). The van der Waals surface area contributed by atoms with Crippen molar-refractivity contribution in [3.8, 4) is 0 Å². The third kappa shape index (κ3) is 10.3. The maximum absolute atomic E-state index is 13.4. The summed E-state index contributed by atoms with van der Waals surface area (Å²) >= 11 is 0.